The molecule has 4 heteroatoms. The van der Waals surface area contributed by atoms with Crippen LogP contribution in [0.2, 0.25) is 0 Å². The average molecular weight is 360 g/mol. The fourth-order valence-electron chi connectivity index (χ4n) is 4.45. The van der Waals surface area contributed by atoms with E-state index in [1.54, 1.807) is 0 Å². The van der Waals surface area contributed by atoms with E-state index in [2.05, 4.69) is 0 Å². The van der Waals surface area contributed by atoms with E-state index >= 15 is 0 Å². The second-order valence-corrected chi connectivity index (χ2v) is 8.48. The van der Waals surface area contributed by atoms with Gasteiger partial charge in [0, 0.05) is 24.7 Å². The summed E-state index contributed by atoms with van der Waals surface area (Å²) in [6.45, 7) is 11.2. The Kier molecular flexibility index (Phi) is 5.96. The van der Waals surface area contributed by atoms with Gasteiger partial charge >= 0.3 is 5.97 Å². The Hall–Kier alpha value is -1.68. The summed E-state index contributed by atoms with van der Waals surface area (Å²) in [5.41, 5.74) is 0.196. The molecule has 144 valence electrons. The van der Waals surface area contributed by atoms with Crippen LogP contribution in [0.25, 0.3) is 0 Å². The largest absolute Gasteiger partial charge is 0.458 e. The predicted molar refractivity (Wildman–Crippen MR) is 102 cm³/mol. The highest BCUT2D eigenvalue weighted by Crippen LogP contribution is 2.56. The summed E-state index contributed by atoms with van der Waals surface area (Å²) in [5.74, 6) is -0.582. The maximum Gasteiger partial charge on any atom is 0.303 e. The van der Waals surface area contributed by atoms with Crippen molar-refractivity contribution in [3.63, 3.8) is 0 Å². The Bertz CT molecular complexity index is 670. The minimum atomic E-state index is -0.952. The number of carbonyl (C=O) groups is 2. The summed E-state index contributed by atoms with van der Waals surface area (Å²) in [4.78, 5) is 24.6. The SMILES string of the molecule is CC(=O)O[C@H]1\C=C(C)/C=C\C=C(/C)C(=O)C[C@@H]2[C@]1(C)CC[C@@]2(O)C(C)C. The Labute approximate surface area is 157 Å². The van der Waals surface area contributed by atoms with E-state index in [0.717, 1.165) is 5.57 Å². The van der Waals surface area contributed by atoms with Crippen LogP contribution in [0.15, 0.2) is 35.5 Å². The number of carbonyl (C=O) groups excluding carboxylic acids is 2. The summed E-state index contributed by atoms with van der Waals surface area (Å²) in [6, 6.07) is 0. The third kappa shape index (κ3) is 3.85. The number of aliphatic hydroxyl groups is 1. The molecule has 0 amide bonds. The van der Waals surface area contributed by atoms with Gasteiger partial charge in [-0.2, -0.15) is 0 Å². The van der Waals surface area contributed by atoms with Crippen LogP contribution in [0.3, 0.4) is 0 Å². The quantitative estimate of drug-likeness (QED) is 0.752. The fraction of sp³-hybridized carbons (Fsp3) is 0.636. The number of ether oxygens (including phenoxy) is 1. The first-order valence-electron chi connectivity index (χ1n) is 9.47. The summed E-state index contributed by atoms with van der Waals surface area (Å²) >= 11 is 0. The van der Waals surface area contributed by atoms with Crippen molar-refractivity contribution in [2.75, 3.05) is 0 Å². The molecule has 0 radical (unpaired) electrons. The second-order valence-electron chi connectivity index (χ2n) is 8.48. The third-order valence-corrected chi connectivity index (χ3v) is 6.36. The lowest BCUT2D eigenvalue weighted by Gasteiger charge is -2.43. The Morgan fingerprint density at radius 1 is 1.31 bits per heavy atom. The van der Waals surface area contributed by atoms with Crippen molar-refractivity contribution >= 4 is 11.8 Å². The fourth-order valence-corrected chi connectivity index (χ4v) is 4.45. The molecular weight excluding hydrogens is 328 g/mol. The average Bonchev–Trinajstić information content (AvgIpc) is 2.80. The van der Waals surface area contributed by atoms with Crippen molar-refractivity contribution in [2.24, 2.45) is 17.3 Å². The Morgan fingerprint density at radius 3 is 2.54 bits per heavy atom. The van der Waals surface area contributed by atoms with Gasteiger partial charge in [-0.3, -0.25) is 9.59 Å². The first kappa shape index (κ1) is 20.6. The third-order valence-electron chi connectivity index (χ3n) is 6.36. The maximum atomic E-state index is 12.8. The van der Waals surface area contributed by atoms with Crippen molar-refractivity contribution in [3.8, 4) is 0 Å². The predicted octanol–water partition coefficient (Wildman–Crippen LogP) is 4.14. The smallest absolute Gasteiger partial charge is 0.303 e. The highest BCUT2D eigenvalue weighted by molar-refractivity contribution is 5.95. The number of allylic oxidation sites excluding steroid dienone is 5. The molecule has 0 aromatic rings. The lowest BCUT2D eigenvalue weighted by molar-refractivity contribution is -0.155. The molecule has 4 nitrogen and oxygen atoms in total. The van der Waals surface area contributed by atoms with Crippen LogP contribution in [0, 0.1) is 17.3 Å². The van der Waals surface area contributed by atoms with Gasteiger partial charge in [-0.1, -0.05) is 44.6 Å². The number of ketones is 1. The summed E-state index contributed by atoms with van der Waals surface area (Å²) < 4.78 is 5.70. The van der Waals surface area contributed by atoms with E-state index in [0.29, 0.717) is 18.4 Å². The van der Waals surface area contributed by atoms with Crippen molar-refractivity contribution < 1.29 is 19.4 Å². The molecular formula is C22H32O4. The Morgan fingerprint density at radius 2 is 1.96 bits per heavy atom. The van der Waals surface area contributed by atoms with Crippen molar-refractivity contribution in [3.05, 3.63) is 35.5 Å². The van der Waals surface area contributed by atoms with Gasteiger partial charge < -0.3 is 9.84 Å². The van der Waals surface area contributed by atoms with Gasteiger partial charge in [-0.15, -0.1) is 0 Å². The van der Waals surface area contributed by atoms with Crippen LogP contribution in [-0.4, -0.2) is 28.6 Å². The van der Waals surface area contributed by atoms with Gasteiger partial charge in [-0.25, -0.2) is 0 Å². The zero-order valence-corrected chi connectivity index (χ0v) is 16.8. The van der Waals surface area contributed by atoms with E-state index < -0.39 is 17.1 Å². The molecule has 0 bridgehead atoms. The molecule has 0 saturated heterocycles. The molecule has 2 rings (SSSR count). The number of hydrogen-bond acceptors (Lipinski definition) is 4. The zero-order valence-electron chi connectivity index (χ0n) is 16.8. The highest BCUT2D eigenvalue weighted by Gasteiger charge is 2.59. The summed E-state index contributed by atoms with van der Waals surface area (Å²) in [6.07, 6.45) is 8.61. The number of Topliss-reactive ketones (excluding diaryl/α,β-unsaturated/α-hetero) is 1. The normalized spacial score (nSPS) is 40.7. The van der Waals surface area contributed by atoms with Gasteiger partial charge in [0.2, 0.25) is 0 Å². The van der Waals surface area contributed by atoms with E-state index in [9.17, 15) is 14.7 Å². The van der Waals surface area contributed by atoms with E-state index in [4.69, 9.17) is 4.74 Å². The maximum absolute atomic E-state index is 12.8. The van der Waals surface area contributed by atoms with Gasteiger partial charge in [0.25, 0.3) is 0 Å². The molecule has 1 N–H and O–H groups in total. The lowest BCUT2D eigenvalue weighted by Crippen LogP contribution is -2.48. The van der Waals surface area contributed by atoms with Crippen LogP contribution in [0.1, 0.15) is 60.8 Å². The number of esters is 1. The molecule has 0 aliphatic heterocycles. The molecule has 1 saturated carbocycles. The van der Waals surface area contributed by atoms with Gasteiger partial charge in [0.1, 0.15) is 6.10 Å². The number of fused-ring (bicyclic) bond motifs is 1. The molecule has 1 fully saturated rings. The highest BCUT2D eigenvalue weighted by atomic mass is 16.5. The van der Waals surface area contributed by atoms with Crippen LogP contribution < -0.4 is 0 Å². The van der Waals surface area contributed by atoms with Gasteiger partial charge in [0.15, 0.2) is 5.78 Å². The molecule has 26 heavy (non-hydrogen) atoms. The molecule has 0 aromatic heterocycles. The van der Waals surface area contributed by atoms with Gasteiger partial charge in [-0.05, 0) is 44.3 Å². The molecule has 0 spiro atoms. The van der Waals surface area contributed by atoms with Crippen molar-refractivity contribution in [1.82, 2.24) is 0 Å². The van der Waals surface area contributed by atoms with Crippen molar-refractivity contribution in [1.29, 1.82) is 0 Å². The van der Waals surface area contributed by atoms with Gasteiger partial charge in [0.05, 0.1) is 5.60 Å². The zero-order chi connectivity index (χ0) is 19.7. The van der Waals surface area contributed by atoms with Crippen LogP contribution in [-0.2, 0) is 14.3 Å². The molecule has 0 unspecified atom stereocenters. The first-order chi connectivity index (χ1) is 12.0. The monoisotopic (exact) mass is 360 g/mol. The Balaban J connectivity index is 2.62. The minimum Gasteiger partial charge on any atom is -0.458 e. The van der Waals surface area contributed by atoms with Crippen LogP contribution in [0.4, 0.5) is 0 Å². The number of rotatable bonds is 2. The van der Waals surface area contributed by atoms with E-state index in [1.807, 2.05) is 58.9 Å². The van der Waals surface area contributed by atoms with E-state index in [-0.39, 0.29) is 30.0 Å². The lowest BCUT2D eigenvalue weighted by atomic mass is 9.66. The minimum absolute atomic E-state index is 0.0118. The molecule has 2 aliphatic carbocycles. The second kappa shape index (κ2) is 7.51. The molecule has 0 aromatic carbocycles. The van der Waals surface area contributed by atoms with E-state index in [1.165, 1.54) is 6.92 Å². The van der Waals surface area contributed by atoms with Crippen LogP contribution >= 0.6 is 0 Å². The number of hydrogen-bond donors (Lipinski definition) is 1. The molecule has 4 atom stereocenters. The van der Waals surface area contributed by atoms with Crippen molar-refractivity contribution in [2.45, 2.75) is 72.5 Å². The first-order valence-corrected chi connectivity index (χ1v) is 9.47. The molecule has 2 aliphatic rings. The molecule has 0 heterocycles. The van der Waals surface area contributed by atoms with Crippen LogP contribution in [0.5, 0.6) is 0 Å². The summed E-state index contributed by atoms with van der Waals surface area (Å²) in [5, 5.41) is 11.5. The summed E-state index contributed by atoms with van der Waals surface area (Å²) in [7, 11) is 0. The standard InChI is InChI=1S/C22H32O4/c1-14(2)22(25)11-10-21(6)19(22)13-18(24)16(4)9-7-8-15(3)12-20(21)26-17(5)23/h7-9,12,14,19-20,25H,10-11,13H2,1-6H3/b8-7-,15-12-,16-9+/t19-,20+,21+,22-/m1/s1. The topological polar surface area (TPSA) is 63.6 Å².